The van der Waals surface area contributed by atoms with E-state index in [0.29, 0.717) is 12.6 Å². The van der Waals surface area contributed by atoms with Gasteiger partial charge in [-0.25, -0.2) is 3.11 Å². The molecular formula is C6H13BINO2. The molecule has 0 saturated carbocycles. The largest absolute Gasteiger partial charge is 0.382 e. The van der Waals surface area contributed by atoms with Crippen LogP contribution in [0, 0.1) is 0 Å². The number of hydrogen-bond acceptors (Lipinski definition) is 3. The highest BCUT2D eigenvalue weighted by Gasteiger charge is 2.23. The summed E-state index contributed by atoms with van der Waals surface area (Å²) in [6, 6.07) is 0.334. The molecule has 5 heteroatoms. The average molecular weight is 269 g/mol. The van der Waals surface area contributed by atoms with Crippen LogP contribution in [0.2, 0.25) is 0 Å². The first kappa shape index (κ1) is 9.76. The Morgan fingerprint density at radius 3 is 3.00 bits per heavy atom. The van der Waals surface area contributed by atoms with E-state index < -0.39 is 0 Å². The third-order valence-corrected chi connectivity index (χ3v) is 2.42. The molecule has 1 rings (SSSR count). The van der Waals surface area contributed by atoms with Gasteiger partial charge in [-0.2, -0.15) is 0 Å². The SMILES string of the molecule is BC1CN(I)CC(COC)O1. The van der Waals surface area contributed by atoms with Crippen LogP contribution in [0.1, 0.15) is 0 Å². The van der Waals surface area contributed by atoms with E-state index in [1.807, 2.05) is 0 Å². The summed E-state index contributed by atoms with van der Waals surface area (Å²) >= 11 is 2.32. The number of nitrogens with zero attached hydrogens (tertiary/aromatic N) is 1. The van der Waals surface area contributed by atoms with Crippen molar-refractivity contribution in [3.63, 3.8) is 0 Å². The van der Waals surface area contributed by atoms with Crippen molar-refractivity contribution in [1.82, 2.24) is 3.11 Å². The van der Waals surface area contributed by atoms with Crippen LogP contribution in [0.15, 0.2) is 0 Å². The third kappa shape index (κ3) is 3.27. The van der Waals surface area contributed by atoms with E-state index >= 15 is 0 Å². The van der Waals surface area contributed by atoms with Gasteiger partial charge in [0.1, 0.15) is 7.85 Å². The van der Waals surface area contributed by atoms with Crippen molar-refractivity contribution in [2.75, 3.05) is 26.8 Å². The van der Waals surface area contributed by atoms with Crippen molar-refractivity contribution in [1.29, 1.82) is 0 Å². The molecule has 0 aromatic carbocycles. The lowest BCUT2D eigenvalue weighted by Gasteiger charge is -2.32. The molecule has 0 aromatic heterocycles. The molecule has 11 heavy (non-hydrogen) atoms. The van der Waals surface area contributed by atoms with Crippen molar-refractivity contribution >= 4 is 30.7 Å². The Labute approximate surface area is 82.3 Å². The van der Waals surface area contributed by atoms with Gasteiger partial charge >= 0.3 is 0 Å². The van der Waals surface area contributed by atoms with Crippen LogP contribution in [0.3, 0.4) is 0 Å². The molecule has 1 saturated heterocycles. The van der Waals surface area contributed by atoms with Gasteiger partial charge in [-0.15, -0.1) is 0 Å². The molecule has 1 fully saturated rings. The summed E-state index contributed by atoms with van der Waals surface area (Å²) in [6.07, 6.45) is 0.251. The van der Waals surface area contributed by atoms with E-state index in [1.54, 1.807) is 7.11 Å². The van der Waals surface area contributed by atoms with E-state index in [2.05, 4.69) is 33.8 Å². The summed E-state index contributed by atoms with van der Waals surface area (Å²) in [5, 5.41) is 0. The summed E-state index contributed by atoms with van der Waals surface area (Å²) in [4.78, 5) is 0. The minimum absolute atomic E-state index is 0.251. The fourth-order valence-corrected chi connectivity index (χ4v) is 2.26. The van der Waals surface area contributed by atoms with Crippen LogP contribution in [-0.4, -0.2) is 49.9 Å². The van der Waals surface area contributed by atoms with Gasteiger partial charge in [0.05, 0.1) is 12.7 Å². The maximum atomic E-state index is 5.63. The topological polar surface area (TPSA) is 21.7 Å². The zero-order chi connectivity index (χ0) is 8.27. The molecule has 1 heterocycles. The molecule has 0 aliphatic carbocycles. The first-order valence-electron chi connectivity index (χ1n) is 3.77. The van der Waals surface area contributed by atoms with Crippen molar-refractivity contribution in [3.05, 3.63) is 0 Å². The molecule has 2 unspecified atom stereocenters. The minimum Gasteiger partial charge on any atom is -0.382 e. The van der Waals surface area contributed by atoms with E-state index in [0.717, 1.165) is 13.1 Å². The summed E-state index contributed by atoms with van der Waals surface area (Å²) in [5.41, 5.74) is 0. The summed E-state index contributed by atoms with van der Waals surface area (Å²) in [6.45, 7) is 2.68. The van der Waals surface area contributed by atoms with E-state index in [9.17, 15) is 0 Å². The number of methoxy groups -OCH3 is 1. The molecule has 2 atom stereocenters. The molecular weight excluding hydrogens is 256 g/mol. The lowest BCUT2D eigenvalue weighted by molar-refractivity contribution is -0.0525. The summed E-state index contributed by atoms with van der Waals surface area (Å²) < 4.78 is 12.9. The van der Waals surface area contributed by atoms with Crippen LogP contribution >= 0.6 is 22.9 Å². The second-order valence-electron chi connectivity index (χ2n) is 2.85. The average Bonchev–Trinajstić information content (AvgIpc) is 1.85. The van der Waals surface area contributed by atoms with E-state index in [1.165, 1.54) is 0 Å². The molecule has 64 valence electrons. The smallest absolute Gasteiger partial charge is 0.140 e. The lowest BCUT2D eigenvalue weighted by atomic mass is 9.98. The summed E-state index contributed by atoms with van der Waals surface area (Å²) in [7, 11) is 3.80. The number of hydrogen-bond donors (Lipinski definition) is 0. The van der Waals surface area contributed by atoms with Crippen LogP contribution in [0.4, 0.5) is 0 Å². The molecule has 0 N–H and O–H groups in total. The summed E-state index contributed by atoms with van der Waals surface area (Å²) in [5.74, 6) is 0. The van der Waals surface area contributed by atoms with Crippen LogP contribution in [-0.2, 0) is 9.47 Å². The molecule has 0 amide bonds. The fourth-order valence-electron chi connectivity index (χ4n) is 1.27. The molecule has 0 aromatic rings. The van der Waals surface area contributed by atoms with Gasteiger partial charge in [0, 0.05) is 49.1 Å². The molecule has 1 aliphatic rings. The van der Waals surface area contributed by atoms with Gasteiger partial charge in [-0.05, 0) is 0 Å². The quantitative estimate of drug-likeness (QED) is 0.388. The van der Waals surface area contributed by atoms with Crippen LogP contribution < -0.4 is 0 Å². The van der Waals surface area contributed by atoms with Gasteiger partial charge in [0.15, 0.2) is 0 Å². The maximum Gasteiger partial charge on any atom is 0.140 e. The molecule has 3 nitrogen and oxygen atoms in total. The Morgan fingerprint density at radius 2 is 2.45 bits per heavy atom. The van der Waals surface area contributed by atoms with E-state index in [-0.39, 0.29) is 6.10 Å². The molecule has 0 bridgehead atoms. The zero-order valence-corrected chi connectivity index (χ0v) is 9.08. The van der Waals surface area contributed by atoms with Crippen molar-refractivity contribution in [2.45, 2.75) is 12.1 Å². The number of morpholine rings is 1. The normalized spacial score (nSPS) is 34.0. The number of rotatable bonds is 2. The zero-order valence-electron chi connectivity index (χ0n) is 6.92. The predicted octanol–water partition coefficient (Wildman–Crippen LogP) is -0.357. The number of halogens is 1. The Morgan fingerprint density at radius 1 is 1.73 bits per heavy atom. The van der Waals surface area contributed by atoms with Gasteiger partial charge in [-0.3, -0.25) is 0 Å². The highest BCUT2D eigenvalue weighted by molar-refractivity contribution is 14.1. The van der Waals surface area contributed by atoms with E-state index in [4.69, 9.17) is 9.47 Å². The Bertz CT molecular complexity index is 117. The number of ether oxygens (including phenoxy) is 2. The van der Waals surface area contributed by atoms with Gasteiger partial charge in [0.25, 0.3) is 0 Å². The fraction of sp³-hybridized carbons (Fsp3) is 1.00. The standard InChI is InChI=1S/C6H13BINO2/c1-10-4-5-2-9(8)3-6(7)11-5/h5-6H,2-4,7H2,1H3. The van der Waals surface area contributed by atoms with Gasteiger partial charge < -0.3 is 9.47 Å². The Kier molecular flexibility index (Phi) is 4.12. The Balaban J connectivity index is 2.30. The van der Waals surface area contributed by atoms with Crippen LogP contribution in [0.5, 0.6) is 0 Å². The maximum absolute atomic E-state index is 5.63. The second kappa shape index (κ2) is 4.64. The first-order valence-corrected chi connectivity index (χ1v) is 4.74. The van der Waals surface area contributed by atoms with Gasteiger partial charge in [0.2, 0.25) is 0 Å². The first-order chi connectivity index (χ1) is 5.22. The van der Waals surface area contributed by atoms with Crippen molar-refractivity contribution < 1.29 is 9.47 Å². The molecule has 1 aliphatic heterocycles. The van der Waals surface area contributed by atoms with Crippen molar-refractivity contribution in [2.24, 2.45) is 0 Å². The third-order valence-electron chi connectivity index (χ3n) is 1.63. The van der Waals surface area contributed by atoms with Gasteiger partial charge in [-0.1, -0.05) is 0 Å². The second-order valence-corrected chi connectivity index (χ2v) is 4.22. The lowest BCUT2D eigenvalue weighted by Crippen LogP contribution is -2.45. The predicted molar refractivity (Wildman–Crippen MR) is 54.7 cm³/mol. The van der Waals surface area contributed by atoms with Crippen molar-refractivity contribution in [3.8, 4) is 0 Å². The molecule has 0 spiro atoms. The van der Waals surface area contributed by atoms with Crippen LogP contribution in [0.25, 0.3) is 0 Å². The molecule has 0 radical (unpaired) electrons. The monoisotopic (exact) mass is 269 g/mol. The Hall–Kier alpha value is 0.675. The highest BCUT2D eigenvalue weighted by atomic mass is 127. The minimum atomic E-state index is 0.251. The highest BCUT2D eigenvalue weighted by Crippen LogP contribution is 2.12.